The Balaban J connectivity index is 2.01. The van der Waals surface area contributed by atoms with E-state index in [4.69, 9.17) is 5.11 Å². The van der Waals surface area contributed by atoms with Crippen LogP contribution in [0, 0.1) is 17.1 Å². The van der Waals surface area contributed by atoms with Crippen LogP contribution < -0.4 is 10.6 Å². The van der Waals surface area contributed by atoms with Gasteiger partial charge in [-0.25, -0.2) is 9.37 Å². The van der Waals surface area contributed by atoms with Crippen molar-refractivity contribution in [1.82, 2.24) is 9.97 Å². The summed E-state index contributed by atoms with van der Waals surface area (Å²) >= 11 is 0. The zero-order valence-corrected chi connectivity index (χ0v) is 13.8. The zero-order chi connectivity index (χ0) is 18.4. The highest BCUT2D eigenvalue weighted by atomic mass is 19.1. The number of rotatable bonds is 6. The van der Waals surface area contributed by atoms with Gasteiger partial charge in [0, 0.05) is 18.2 Å². The number of aromatic nitrogens is 2. The predicted octanol–water partition coefficient (Wildman–Crippen LogP) is 3.30. The maximum atomic E-state index is 13.8. The van der Waals surface area contributed by atoms with Crippen molar-refractivity contribution < 1.29 is 9.50 Å². The van der Waals surface area contributed by atoms with Crippen molar-refractivity contribution >= 4 is 17.5 Å². The van der Waals surface area contributed by atoms with Crippen molar-refractivity contribution in [2.75, 3.05) is 23.8 Å². The molecule has 2 aromatic carbocycles. The van der Waals surface area contributed by atoms with Crippen LogP contribution in [0.3, 0.4) is 0 Å². The third-order valence-electron chi connectivity index (χ3n) is 3.58. The monoisotopic (exact) mass is 349 g/mol. The molecule has 3 N–H and O–H groups in total. The fraction of sp³-hybridized carbons (Fsp3) is 0.105. The van der Waals surface area contributed by atoms with Crippen molar-refractivity contribution in [3.05, 3.63) is 66.0 Å². The molecule has 0 saturated carbocycles. The van der Waals surface area contributed by atoms with Gasteiger partial charge in [0.25, 0.3) is 0 Å². The van der Waals surface area contributed by atoms with Crippen LogP contribution in [-0.2, 0) is 0 Å². The molecule has 7 heteroatoms. The van der Waals surface area contributed by atoms with Gasteiger partial charge in [0.05, 0.1) is 18.0 Å². The molecule has 0 atom stereocenters. The fourth-order valence-corrected chi connectivity index (χ4v) is 2.39. The van der Waals surface area contributed by atoms with E-state index in [1.54, 1.807) is 12.1 Å². The van der Waals surface area contributed by atoms with E-state index < -0.39 is 5.82 Å². The van der Waals surface area contributed by atoms with Gasteiger partial charge in [-0.2, -0.15) is 10.2 Å². The number of benzene rings is 2. The Morgan fingerprint density at radius 1 is 1.08 bits per heavy atom. The van der Waals surface area contributed by atoms with E-state index in [1.807, 2.05) is 36.4 Å². The molecule has 0 spiro atoms. The largest absolute Gasteiger partial charge is 0.395 e. The van der Waals surface area contributed by atoms with Crippen molar-refractivity contribution in [2.45, 2.75) is 0 Å². The minimum Gasteiger partial charge on any atom is -0.395 e. The molecular weight excluding hydrogens is 333 g/mol. The van der Waals surface area contributed by atoms with Gasteiger partial charge in [0.15, 0.2) is 0 Å². The molecule has 26 heavy (non-hydrogen) atoms. The van der Waals surface area contributed by atoms with E-state index >= 15 is 0 Å². The molecule has 0 aliphatic rings. The first-order valence-corrected chi connectivity index (χ1v) is 7.96. The van der Waals surface area contributed by atoms with E-state index in [9.17, 15) is 9.65 Å². The summed E-state index contributed by atoms with van der Waals surface area (Å²) in [6, 6.07) is 17.4. The molecule has 130 valence electrons. The van der Waals surface area contributed by atoms with Gasteiger partial charge in [-0.3, -0.25) is 0 Å². The number of nitrogens with one attached hydrogen (secondary N) is 2. The average Bonchev–Trinajstić information content (AvgIpc) is 2.67. The fourth-order valence-electron chi connectivity index (χ4n) is 2.39. The number of hydrogen-bond acceptors (Lipinski definition) is 6. The molecule has 3 aromatic rings. The van der Waals surface area contributed by atoms with Crippen molar-refractivity contribution in [3.8, 4) is 17.3 Å². The zero-order valence-electron chi connectivity index (χ0n) is 13.8. The van der Waals surface area contributed by atoms with Crippen LogP contribution in [0.15, 0.2) is 54.6 Å². The number of aliphatic hydroxyl groups excluding tert-OH is 1. The van der Waals surface area contributed by atoms with E-state index in [-0.39, 0.29) is 12.2 Å². The number of hydrogen-bond donors (Lipinski definition) is 3. The summed E-state index contributed by atoms with van der Waals surface area (Å²) in [6.07, 6.45) is 0. The Bertz CT molecular complexity index is 940. The highest BCUT2D eigenvalue weighted by Gasteiger charge is 2.11. The highest BCUT2D eigenvalue weighted by molar-refractivity contribution is 5.70. The second-order valence-electron chi connectivity index (χ2n) is 5.38. The van der Waals surface area contributed by atoms with Gasteiger partial charge in [-0.1, -0.05) is 36.4 Å². The lowest BCUT2D eigenvalue weighted by Crippen LogP contribution is -2.10. The molecule has 0 bridgehead atoms. The topological polar surface area (TPSA) is 93.9 Å². The van der Waals surface area contributed by atoms with Crippen LogP contribution in [0.4, 0.5) is 21.8 Å². The molecule has 0 unspecified atom stereocenters. The Labute approximate surface area is 150 Å². The predicted molar refractivity (Wildman–Crippen MR) is 97.4 cm³/mol. The standard InChI is InChI=1S/C19H16FN5O/c20-15-7-4-8-16(14(15)12-21)23-18-11-17(13-5-2-1-3-6-13)24-19(25-18)22-9-10-26/h1-8,11,26H,9-10H2,(H2,22,23,24,25). The molecule has 3 rings (SSSR count). The van der Waals surface area contributed by atoms with Gasteiger partial charge in [-0.15, -0.1) is 0 Å². The molecule has 0 amide bonds. The summed E-state index contributed by atoms with van der Waals surface area (Å²) in [6.45, 7) is 0.227. The number of nitrogens with zero attached hydrogens (tertiary/aromatic N) is 3. The Kier molecular flexibility index (Phi) is 5.37. The van der Waals surface area contributed by atoms with E-state index in [0.29, 0.717) is 29.7 Å². The summed E-state index contributed by atoms with van der Waals surface area (Å²) in [4.78, 5) is 8.75. The van der Waals surface area contributed by atoms with Crippen LogP contribution in [0.1, 0.15) is 5.56 Å². The lowest BCUT2D eigenvalue weighted by molar-refractivity contribution is 0.311. The van der Waals surface area contributed by atoms with Crippen molar-refractivity contribution in [3.63, 3.8) is 0 Å². The van der Waals surface area contributed by atoms with Gasteiger partial charge >= 0.3 is 0 Å². The molecule has 0 saturated heterocycles. The van der Waals surface area contributed by atoms with Crippen LogP contribution in [-0.4, -0.2) is 28.2 Å². The summed E-state index contributed by atoms with van der Waals surface area (Å²) in [5, 5.41) is 24.1. The third-order valence-corrected chi connectivity index (χ3v) is 3.58. The number of halogens is 1. The number of nitriles is 1. The minimum atomic E-state index is -0.603. The number of anilines is 3. The molecule has 0 aliphatic heterocycles. The van der Waals surface area contributed by atoms with Crippen LogP contribution >= 0.6 is 0 Å². The molecule has 0 aliphatic carbocycles. The van der Waals surface area contributed by atoms with Crippen molar-refractivity contribution in [1.29, 1.82) is 5.26 Å². The molecule has 1 heterocycles. The SMILES string of the molecule is N#Cc1c(F)cccc1Nc1cc(-c2ccccc2)nc(NCCO)n1. The normalized spacial score (nSPS) is 10.2. The molecule has 6 nitrogen and oxygen atoms in total. The Morgan fingerprint density at radius 2 is 1.88 bits per heavy atom. The second-order valence-corrected chi connectivity index (χ2v) is 5.38. The summed E-state index contributed by atoms with van der Waals surface area (Å²) < 4.78 is 13.8. The first-order chi connectivity index (χ1) is 12.7. The molecule has 0 fully saturated rings. The maximum absolute atomic E-state index is 13.8. The summed E-state index contributed by atoms with van der Waals surface area (Å²) in [7, 11) is 0. The minimum absolute atomic E-state index is 0.0653. The lowest BCUT2D eigenvalue weighted by Gasteiger charge is -2.12. The molecule has 0 radical (unpaired) electrons. The van der Waals surface area contributed by atoms with E-state index in [1.165, 1.54) is 12.1 Å². The quantitative estimate of drug-likeness (QED) is 0.632. The third kappa shape index (κ3) is 3.94. The first kappa shape index (κ1) is 17.3. The summed E-state index contributed by atoms with van der Waals surface area (Å²) in [5.41, 5.74) is 1.76. The Morgan fingerprint density at radius 3 is 2.62 bits per heavy atom. The summed E-state index contributed by atoms with van der Waals surface area (Å²) in [5.74, 6) is 0.118. The maximum Gasteiger partial charge on any atom is 0.225 e. The van der Waals surface area contributed by atoms with E-state index in [2.05, 4.69) is 20.6 Å². The first-order valence-electron chi connectivity index (χ1n) is 7.96. The van der Waals surface area contributed by atoms with Crippen molar-refractivity contribution in [2.24, 2.45) is 0 Å². The van der Waals surface area contributed by atoms with Gasteiger partial charge in [-0.05, 0) is 12.1 Å². The van der Waals surface area contributed by atoms with Crippen LogP contribution in [0.5, 0.6) is 0 Å². The lowest BCUT2D eigenvalue weighted by atomic mass is 10.1. The van der Waals surface area contributed by atoms with E-state index in [0.717, 1.165) is 5.56 Å². The highest BCUT2D eigenvalue weighted by Crippen LogP contribution is 2.26. The molecular formula is C19H16FN5O. The average molecular weight is 349 g/mol. The van der Waals surface area contributed by atoms with Gasteiger partial charge in [0.2, 0.25) is 5.95 Å². The molecule has 1 aromatic heterocycles. The number of aliphatic hydroxyl groups is 1. The Hall–Kier alpha value is -3.50. The van der Waals surface area contributed by atoms with Gasteiger partial charge in [0.1, 0.15) is 23.3 Å². The van der Waals surface area contributed by atoms with Gasteiger partial charge < -0.3 is 15.7 Å². The smallest absolute Gasteiger partial charge is 0.225 e. The van der Waals surface area contributed by atoms with Crippen LogP contribution in [0.25, 0.3) is 11.3 Å². The second kappa shape index (κ2) is 8.05. The van der Waals surface area contributed by atoms with Crippen LogP contribution in [0.2, 0.25) is 0 Å².